The molecule has 0 spiro atoms. The number of ketones is 1. The van der Waals surface area contributed by atoms with E-state index in [1.54, 1.807) is 6.92 Å². The van der Waals surface area contributed by atoms with Crippen molar-refractivity contribution in [3.8, 4) is 0 Å². The molecule has 2 unspecified atom stereocenters. The monoisotopic (exact) mass is 185 g/mol. The smallest absolute Gasteiger partial charge is 0.306 e. The van der Waals surface area contributed by atoms with E-state index in [-0.39, 0.29) is 17.7 Å². The van der Waals surface area contributed by atoms with Gasteiger partial charge in [-0.25, -0.2) is 0 Å². The molecule has 1 aliphatic heterocycles. The Hall–Kier alpha value is -0.900. The summed E-state index contributed by atoms with van der Waals surface area (Å²) in [6.07, 6.45) is 1.55. The van der Waals surface area contributed by atoms with Gasteiger partial charge in [0.25, 0.3) is 0 Å². The van der Waals surface area contributed by atoms with Crippen molar-refractivity contribution in [2.24, 2.45) is 5.92 Å². The second-order valence-corrected chi connectivity index (χ2v) is 3.39. The Balaban J connectivity index is 2.51. The number of carboxylic acids is 1. The van der Waals surface area contributed by atoms with Crippen molar-refractivity contribution in [1.82, 2.24) is 5.32 Å². The fraction of sp³-hybridized carbons (Fsp3) is 0.778. The highest BCUT2D eigenvalue weighted by molar-refractivity contribution is 5.84. The van der Waals surface area contributed by atoms with Crippen molar-refractivity contribution in [1.29, 1.82) is 0 Å². The number of hydrogen-bond donors (Lipinski definition) is 2. The maximum atomic E-state index is 11.3. The Kier molecular flexibility index (Phi) is 3.42. The first-order valence-electron chi connectivity index (χ1n) is 4.64. The van der Waals surface area contributed by atoms with Crippen LogP contribution in [0.4, 0.5) is 0 Å². The van der Waals surface area contributed by atoms with Crippen molar-refractivity contribution in [2.45, 2.75) is 32.2 Å². The maximum Gasteiger partial charge on any atom is 0.306 e. The number of hydrogen-bond acceptors (Lipinski definition) is 3. The summed E-state index contributed by atoms with van der Waals surface area (Å²) in [5.41, 5.74) is 0. The predicted molar refractivity (Wildman–Crippen MR) is 47.4 cm³/mol. The van der Waals surface area contributed by atoms with Crippen LogP contribution in [0.3, 0.4) is 0 Å². The van der Waals surface area contributed by atoms with Crippen molar-refractivity contribution in [2.75, 3.05) is 6.54 Å². The lowest BCUT2D eigenvalue weighted by Gasteiger charge is -2.26. The maximum absolute atomic E-state index is 11.3. The quantitative estimate of drug-likeness (QED) is 0.668. The third-order valence-electron chi connectivity index (χ3n) is 2.49. The SMILES string of the molecule is CCC(=O)C1CC(C(=O)O)CCN1. The van der Waals surface area contributed by atoms with Crippen LogP contribution in [0.2, 0.25) is 0 Å². The van der Waals surface area contributed by atoms with Crippen molar-refractivity contribution in [3.05, 3.63) is 0 Å². The zero-order chi connectivity index (χ0) is 9.84. The molecule has 2 atom stereocenters. The minimum absolute atomic E-state index is 0.117. The number of Topliss-reactive ketones (excluding diaryl/α,β-unsaturated/α-hetero) is 1. The highest BCUT2D eigenvalue weighted by atomic mass is 16.4. The number of nitrogens with one attached hydrogen (secondary N) is 1. The van der Waals surface area contributed by atoms with Crippen LogP contribution in [0.15, 0.2) is 0 Å². The van der Waals surface area contributed by atoms with Gasteiger partial charge in [0.2, 0.25) is 0 Å². The first kappa shape index (κ1) is 10.2. The van der Waals surface area contributed by atoms with Crippen molar-refractivity contribution >= 4 is 11.8 Å². The van der Waals surface area contributed by atoms with Gasteiger partial charge < -0.3 is 10.4 Å². The first-order valence-corrected chi connectivity index (χ1v) is 4.64. The predicted octanol–water partition coefficient (Wildman–Crippen LogP) is 0.418. The Morgan fingerprint density at radius 1 is 1.54 bits per heavy atom. The molecule has 1 fully saturated rings. The average Bonchev–Trinajstić information content (AvgIpc) is 2.17. The van der Waals surface area contributed by atoms with Gasteiger partial charge in [0, 0.05) is 6.42 Å². The summed E-state index contributed by atoms with van der Waals surface area (Å²) in [5, 5.41) is 11.8. The van der Waals surface area contributed by atoms with Crippen LogP contribution in [0.25, 0.3) is 0 Å². The Morgan fingerprint density at radius 2 is 2.23 bits per heavy atom. The normalized spacial score (nSPS) is 28.4. The summed E-state index contributed by atoms with van der Waals surface area (Å²) < 4.78 is 0. The molecule has 1 heterocycles. The lowest BCUT2D eigenvalue weighted by Crippen LogP contribution is -2.45. The van der Waals surface area contributed by atoms with Crippen LogP contribution in [-0.4, -0.2) is 29.4 Å². The molecule has 0 aliphatic carbocycles. The Bertz CT molecular complexity index is 215. The van der Waals surface area contributed by atoms with Gasteiger partial charge in [-0.2, -0.15) is 0 Å². The van der Waals surface area contributed by atoms with E-state index in [1.807, 2.05) is 0 Å². The molecule has 4 heteroatoms. The van der Waals surface area contributed by atoms with E-state index < -0.39 is 5.97 Å². The molecule has 0 aromatic heterocycles. The third-order valence-corrected chi connectivity index (χ3v) is 2.49. The number of rotatable bonds is 3. The minimum atomic E-state index is -0.782. The first-order chi connectivity index (χ1) is 6.15. The van der Waals surface area contributed by atoms with Gasteiger partial charge >= 0.3 is 5.97 Å². The largest absolute Gasteiger partial charge is 0.481 e. The summed E-state index contributed by atoms with van der Waals surface area (Å²) in [4.78, 5) is 22.0. The van der Waals surface area contributed by atoms with Gasteiger partial charge in [-0.1, -0.05) is 6.92 Å². The standard InChI is InChI=1S/C9H15NO3/c1-2-8(11)7-5-6(9(12)13)3-4-10-7/h6-7,10H,2-5H2,1H3,(H,12,13). The molecule has 4 nitrogen and oxygen atoms in total. The van der Waals surface area contributed by atoms with E-state index in [0.717, 1.165) is 0 Å². The molecule has 1 saturated heterocycles. The van der Waals surface area contributed by atoms with Gasteiger partial charge in [0.15, 0.2) is 0 Å². The molecule has 1 rings (SSSR count). The number of carbonyl (C=O) groups excluding carboxylic acids is 1. The highest BCUT2D eigenvalue weighted by Crippen LogP contribution is 2.17. The molecular weight excluding hydrogens is 170 g/mol. The molecular formula is C9H15NO3. The van der Waals surface area contributed by atoms with Gasteiger partial charge in [0.1, 0.15) is 5.78 Å². The van der Waals surface area contributed by atoms with Crippen molar-refractivity contribution in [3.63, 3.8) is 0 Å². The molecule has 1 aliphatic rings. The van der Waals surface area contributed by atoms with E-state index in [1.165, 1.54) is 0 Å². The molecule has 0 saturated carbocycles. The van der Waals surface area contributed by atoms with Crippen LogP contribution < -0.4 is 5.32 Å². The van der Waals surface area contributed by atoms with Gasteiger partial charge in [-0.05, 0) is 19.4 Å². The molecule has 0 radical (unpaired) electrons. The zero-order valence-electron chi connectivity index (χ0n) is 7.75. The van der Waals surface area contributed by atoms with E-state index in [4.69, 9.17) is 5.11 Å². The molecule has 0 bridgehead atoms. The minimum Gasteiger partial charge on any atom is -0.481 e. The topological polar surface area (TPSA) is 66.4 Å². The van der Waals surface area contributed by atoms with Crippen molar-refractivity contribution < 1.29 is 14.7 Å². The van der Waals surface area contributed by atoms with Gasteiger partial charge in [-0.15, -0.1) is 0 Å². The molecule has 13 heavy (non-hydrogen) atoms. The average molecular weight is 185 g/mol. The molecule has 74 valence electrons. The van der Waals surface area contributed by atoms with Crippen LogP contribution >= 0.6 is 0 Å². The second kappa shape index (κ2) is 4.37. The van der Waals surface area contributed by atoms with Crippen LogP contribution in [0.1, 0.15) is 26.2 Å². The van der Waals surface area contributed by atoms with E-state index >= 15 is 0 Å². The molecule has 0 amide bonds. The van der Waals surface area contributed by atoms with Crippen LogP contribution in [0, 0.1) is 5.92 Å². The summed E-state index contributed by atoms with van der Waals surface area (Å²) >= 11 is 0. The van der Waals surface area contributed by atoms with Crippen LogP contribution in [-0.2, 0) is 9.59 Å². The number of carboxylic acid groups (broad SMARTS) is 1. The second-order valence-electron chi connectivity index (χ2n) is 3.39. The lowest BCUT2D eigenvalue weighted by molar-refractivity contribution is -0.143. The Labute approximate surface area is 77.3 Å². The van der Waals surface area contributed by atoms with Crippen LogP contribution in [0.5, 0.6) is 0 Å². The molecule has 0 aromatic carbocycles. The van der Waals surface area contributed by atoms with Gasteiger partial charge in [-0.3, -0.25) is 9.59 Å². The number of piperidine rings is 1. The zero-order valence-corrected chi connectivity index (χ0v) is 7.75. The number of aliphatic carboxylic acids is 1. The molecule has 2 N–H and O–H groups in total. The molecule has 0 aromatic rings. The fourth-order valence-corrected chi connectivity index (χ4v) is 1.63. The van der Waals surface area contributed by atoms with Gasteiger partial charge in [0.05, 0.1) is 12.0 Å². The summed E-state index contributed by atoms with van der Waals surface area (Å²) in [7, 11) is 0. The van der Waals surface area contributed by atoms with E-state index in [9.17, 15) is 9.59 Å². The lowest BCUT2D eigenvalue weighted by atomic mass is 9.90. The Morgan fingerprint density at radius 3 is 2.77 bits per heavy atom. The van der Waals surface area contributed by atoms with E-state index in [0.29, 0.717) is 25.8 Å². The fourth-order valence-electron chi connectivity index (χ4n) is 1.63. The summed E-state index contributed by atoms with van der Waals surface area (Å²) in [6.45, 7) is 2.43. The summed E-state index contributed by atoms with van der Waals surface area (Å²) in [5.74, 6) is -1.01. The summed E-state index contributed by atoms with van der Waals surface area (Å²) in [6, 6.07) is -0.236. The number of carbonyl (C=O) groups is 2. The highest BCUT2D eigenvalue weighted by Gasteiger charge is 2.29. The van der Waals surface area contributed by atoms with E-state index in [2.05, 4.69) is 5.32 Å². The third kappa shape index (κ3) is 2.52.